The first-order valence-corrected chi connectivity index (χ1v) is 3.53. The van der Waals surface area contributed by atoms with E-state index in [1.807, 2.05) is 20.2 Å². The van der Waals surface area contributed by atoms with E-state index < -0.39 is 0 Å². The Kier molecular flexibility index (Phi) is 4.05. The summed E-state index contributed by atoms with van der Waals surface area (Å²) in [7, 11) is 4.09. The van der Waals surface area contributed by atoms with E-state index in [1.54, 1.807) is 0 Å². The van der Waals surface area contributed by atoms with Crippen molar-refractivity contribution in [3.63, 3.8) is 0 Å². The third-order valence-corrected chi connectivity index (χ3v) is 1.52. The van der Waals surface area contributed by atoms with E-state index in [2.05, 4.69) is 25.0 Å². The Hall–Kier alpha value is -0.560. The standard InChI is InChI=1S/C9H17N/c1-6-8(2)9(3)7-10(4)5/h6,8H,1,3,7H2,2,4-5H3. The van der Waals surface area contributed by atoms with E-state index >= 15 is 0 Å². The van der Waals surface area contributed by atoms with Gasteiger partial charge in [-0.25, -0.2) is 0 Å². The summed E-state index contributed by atoms with van der Waals surface area (Å²) in [6.45, 7) is 10.7. The molecule has 1 heteroatoms. The lowest BCUT2D eigenvalue weighted by molar-refractivity contribution is 0.433. The molecule has 0 N–H and O–H groups in total. The fraction of sp³-hybridized carbons (Fsp3) is 0.556. The third-order valence-electron chi connectivity index (χ3n) is 1.52. The Morgan fingerprint density at radius 1 is 1.60 bits per heavy atom. The summed E-state index contributed by atoms with van der Waals surface area (Å²) in [6, 6.07) is 0. The SMILES string of the molecule is C=CC(C)C(=C)CN(C)C. The number of nitrogens with zero attached hydrogens (tertiary/aromatic N) is 1. The molecule has 0 saturated carbocycles. The van der Waals surface area contributed by atoms with Gasteiger partial charge in [-0.05, 0) is 20.0 Å². The third kappa shape index (κ3) is 3.46. The summed E-state index contributed by atoms with van der Waals surface area (Å²) in [6.07, 6.45) is 1.92. The Labute approximate surface area is 64.0 Å². The zero-order valence-electron chi connectivity index (χ0n) is 7.22. The summed E-state index contributed by atoms with van der Waals surface area (Å²) in [5.41, 5.74) is 1.22. The van der Waals surface area contributed by atoms with Crippen molar-refractivity contribution in [2.45, 2.75) is 6.92 Å². The smallest absolute Gasteiger partial charge is 0.0189 e. The number of hydrogen-bond donors (Lipinski definition) is 0. The largest absolute Gasteiger partial charge is 0.305 e. The zero-order chi connectivity index (χ0) is 8.15. The molecule has 0 rings (SSSR count). The van der Waals surface area contributed by atoms with Crippen LogP contribution in [0.25, 0.3) is 0 Å². The summed E-state index contributed by atoms with van der Waals surface area (Å²) >= 11 is 0. The van der Waals surface area contributed by atoms with Gasteiger partial charge in [0, 0.05) is 6.54 Å². The van der Waals surface area contributed by atoms with Crippen molar-refractivity contribution in [1.82, 2.24) is 4.90 Å². The molecule has 0 aromatic rings. The second kappa shape index (κ2) is 4.29. The minimum atomic E-state index is 0.433. The van der Waals surface area contributed by atoms with Crippen molar-refractivity contribution >= 4 is 0 Å². The van der Waals surface area contributed by atoms with Crippen LogP contribution in [0.1, 0.15) is 6.92 Å². The summed E-state index contributed by atoms with van der Waals surface area (Å²) in [5, 5.41) is 0. The number of rotatable bonds is 4. The molecule has 0 aromatic heterocycles. The monoisotopic (exact) mass is 139 g/mol. The van der Waals surface area contributed by atoms with Crippen LogP contribution >= 0.6 is 0 Å². The van der Waals surface area contributed by atoms with Crippen LogP contribution in [0.2, 0.25) is 0 Å². The first kappa shape index (κ1) is 9.44. The van der Waals surface area contributed by atoms with E-state index in [1.165, 1.54) is 5.57 Å². The maximum Gasteiger partial charge on any atom is 0.0189 e. The predicted octanol–water partition coefficient (Wildman–Crippen LogP) is 1.93. The highest BCUT2D eigenvalue weighted by Crippen LogP contribution is 2.08. The Balaban J connectivity index is 3.73. The van der Waals surface area contributed by atoms with Gasteiger partial charge in [-0.3, -0.25) is 0 Å². The van der Waals surface area contributed by atoms with Crippen LogP contribution in [0.4, 0.5) is 0 Å². The second-order valence-corrected chi connectivity index (χ2v) is 2.92. The van der Waals surface area contributed by atoms with Gasteiger partial charge < -0.3 is 4.90 Å². The molecule has 0 heterocycles. The molecule has 0 aliphatic carbocycles. The van der Waals surface area contributed by atoms with Gasteiger partial charge in [-0.15, -0.1) is 6.58 Å². The van der Waals surface area contributed by atoms with E-state index in [0.717, 1.165) is 6.54 Å². The fourth-order valence-corrected chi connectivity index (χ4v) is 0.717. The molecule has 58 valence electrons. The molecule has 0 aromatic carbocycles. The van der Waals surface area contributed by atoms with Crippen LogP contribution in [0, 0.1) is 5.92 Å². The van der Waals surface area contributed by atoms with Crippen molar-refractivity contribution in [2.24, 2.45) is 5.92 Å². The minimum Gasteiger partial charge on any atom is -0.305 e. The lowest BCUT2D eigenvalue weighted by Crippen LogP contribution is -2.17. The molecule has 1 nitrogen and oxygen atoms in total. The molecule has 10 heavy (non-hydrogen) atoms. The van der Waals surface area contributed by atoms with E-state index in [9.17, 15) is 0 Å². The van der Waals surface area contributed by atoms with Crippen LogP contribution < -0.4 is 0 Å². The Bertz CT molecular complexity index is 125. The maximum absolute atomic E-state index is 3.95. The Morgan fingerprint density at radius 3 is 2.40 bits per heavy atom. The first-order chi connectivity index (χ1) is 4.57. The maximum atomic E-state index is 3.95. The van der Waals surface area contributed by atoms with Gasteiger partial charge in [0.1, 0.15) is 0 Å². The molecule has 0 amide bonds. The topological polar surface area (TPSA) is 3.24 Å². The highest BCUT2D eigenvalue weighted by Gasteiger charge is 2.01. The zero-order valence-corrected chi connectivity index (χ0v) is 7.22. The van der Waals surface area contributed by atoms with Crippen LogP contribution in [0.3, 0.4) is 0 Å². The second-order valence-electron chi connectivity index (χ2n) is 2.92. The predicted molar refractivity (Wildman–Crippen MR) is 47.1 cm³/mol. The van der Waals surface area contributed by atoms with Gasteiger partial charge in [0.2, 0.25) is 0 Å². The van der Waals surface area contributed by atoms with Gasteiger partial charge in [0.15, 0.2) is 0 Å². The molecule has 1 unspecified atom stereocenters. The van der Waals surface area contributed by atoms with Crippen molar-refractivity contribution < 1.29 is 0 Å². The molecule has 0 fully saturated rings. The molecule has 0 saturated heterocycles. The van der Waals surface area contributed by atoms with Gasteiger partial charge >= 0.3 is 0 Å². The highest BCUT2D eigenvalue weighted by atomic mass is 15.0. The summed E-state index contributed by atoms with van der Waals surface area (Å²) in [5.74, 6) is 0.433. The molecular weight excluding hydrogens is 122 g/mol. The molecule has 0 spiro atoms. The lowest BCUT2D eigenvalue weighted by Gasteiger charge is -2.14. The van der Waals surface area contributed by atoms with Gasteiger partial charge in [-0.2, -0.15) is 0 Å². The average molecular weight is 139 g/mol. The summed E-state index contributed by atoms with van der Waals surface area (Å²) < 4.78 is 0. The number of hydrogen-bond acceptors (Lipinski definition) is 1. The molecular formula is C9H17N. The fourth-order valence-electron chi connectivity index (χ4n) is 0.717. The van der Waals surface area contributed by atoms with Crippen LogP contribution in [0.15, 0.2) is 24.8 Å². The van der Waals surface area contributed by atoms with E-state index in [4.69, 9.17) is 0 Å². The number of likely N-dealkylation sites (N-methyl/N-ethyl adjacent to an activating group) is 1. The van der Waals surface area contributed by atoms with Crippen molar-refractivity contribution in [3.05, 3.63) is 24.8 Å². The van der Waals surface area contributed by atoms with Crippen LogP contribution in [-0.4, -0.2) is 25.5 Å². The molecule has 0 radical (unpaired) electrons. The van der Waals surface area contributed by atoms with Gasteiger partial charge in [0.25, 0.3) is 0 Å². The van der Waals surface area contributed by atoms with Crippen LogP contribution in [-0.2, 0) is 0 Å². The van der Waals surface area contributed by atoms with E-state index in [0.29, 0.717) is 5.92 Å². The van der Waals surface area contributed by atoms with Crippen molar-refractivity contribution in [1.29, 1.82) is 0 Å². The molecule has 1 atom stereocenters. The van der Waals surface area contributed by atoms with Gasteiger partial charge in [-0.1, -0.05) is 25.2 Å². The average Bonchev–Trinajstić information content (AvgIpc) is 1.85. The van der Waals surface area contributed by atoms with Crippen molar-refractivity contribution in [3.8, 4) is 0 Å². The normalized spacial score (nSPS) is 13.2. The first-order valence-electron chi connectivity index (χ1n) is 3.53. The Morgan fingerprint density at radius 2 is 2.10 bits per heavy atom. The number of allylic oxidation sites excluding steroid dienone is 1. The summed E-state index contributed by atoms with van der Waals surface area (Å²) in [4.78, 5) is 2.11. The quantitative estimate of drug-likeness (QED) is 0.538. The molecule has 0 aliphatic rings. The highest BCUT2D eigenvalue weighted by molar-refractivity contribution is 5.07. The minimum absolute atomic E-state index is 0.433. The molecule has 0 aliphatic heterocycles. The lowest BCUT2D eigenvalue weighted by atomic mass is 10.0. The van der Waals surface area contributed by atoms with E-state index in [-0.39, 0.29) is 0 Å². The van der Waals surface area contributed by atoms with Crippen molar-refractivity contribution in [2.75, 3.05) is 20.6 Å². The van der Waals surface area contributed by atoms with Crippen LogP contribution in [0.5, 0.6) is 0 Å². The molecule has 0 bridgehead atoms. The van der Waals surface area contributed by atoms with Gasteiger partial charge in [0.05, 0.1) is 0 Å².